The Hall–Kier alpha value is -5.10. The summed E-state index contributed by atoms with van der Waals surface area (Å²) >= 11 is 0.836. The Morgan fingerprint density at radius 2 is 1.83 bits per heavy atom. The molecule has 41 heavy (non-hydrogen) atoms. The number of nitrogens with one attached hydrogen (secondary N) is 1. The fraction of sp³-hybridized carbons (Fsp3) is 0.138. The van der Waals surface area contributed by atoms with Crippen molar-refractivity contribution in [2.24, 2.45) is 0 Å². The van der Waals surface area contributed by atoms with Gasteiger partial charge in [-0.2, -0.15) is 0 Å². The van der Waals surface area contributed by atoms with Gasteiger partial charge in [0.2, 0.25) is 12.7 Å². The van der Waals surface area contributed by atoms with Crippen molar-refractivity contribution in [1.82, 2.24) is 9.47 Å². The number of amides is 3. The Morgan fingerprint density at radius 1 is 1.07 bits per heavy atom. The van der Waals surface area contributed by atoms with Crippen molar-refractivity contribution in [3.8, 4) is 11.5 Å². The quantitative estimate of drug-likeness (QED) is 0.176. The molecule has 0 spiro atoms. The van der Waals surface area contributed by atoms with Gasteiger partial charge in [0.1, 0.15) is 6.54 Å². The molecule has 0 bridgehead atoms. The molecule has 0 saturated carbocycles. The molecule has 3 aromatic carbocycles. The zero-order valence-electron chi connectivity index (χ0n) is 21.7. The number of anilines is 1. The average Bonchev–Trinajstić information content (AvgIpc) is 3.61. The van der Waals surface area contributed by atoms with E-state index >= 15 is 0 Å². The van der Waals surface area contributed by atoms with E-state index < -0.39 is 16.1 Å². The van der Waals surface area contributed by atoms with Gasteiger partial charge < -0.3 is 19.4 Å². The first-order chi connectivity index (χ1) is 19.8. The number of hydrogen-bond acceptors (Lipinski definition) is 8. The Kier molecular flexibility index (Phi) is 6.67. The number of imide groups is 1. The molecule has 1 N–H and O–H groups in total. The normalized spacial score (nSPS) is 15.2. The highest BCUT2D eigenvalue weighted by atomic mass is 32.2. The maximum absolute atomic E-state index is 13.2. The van der Waals surface area contributed by atoms with Gasteiger partial charge in [0.25, 0.3) is 16.8 Å². The monoisotopic (exact) mass is 570 g/mol. The van der Waals surface area contributed by atoms with Gasteiger partial charge in [0.15, 0.2) is 11.5 Å². The van der Waals surface area contributed by atoms with Crippen LogP contribution in [0.5, 0.6) is 11.5 Å². The molecule has 3 heterocycles. The molecular weight excluding hydrogens is 548 g/mol. The second kappa shape index (κ2) is 10.5. The van der Waals surface area contributed by atoms with Crippen LogP contribution in [0.4, 0.5) is 16.2 Å². The molecule has 0 aliphatic carbocycles. The first-order valence-electron chi connectivity index (χ1n) is 12.5. The molecule has 1 fully saturated rings. The lowest BCUT2D eigenvalue weighted by Gasteiger charge is -2.12. The summed E-state index contributed by atoms with van der Waals surface area (Å²) in [4.78, 5) is 50.8. The topological polar surface area (TPSA) is 133 Å². The Morgan fingerprint density at radius 3 is 2.61 bits per heavy atom. The third-order valence-corrected chi connectivity index (χ3v) is 7.78. The largest absolute Gasteiger partial charge is 0.454 e. The maximum Gasteiger partial charge on any atom is 0.293 e. The standard InChI is InChI=1S/C29H22N4O7S/c1-17-22(13-26-28(35)32(29(36)41-26)14-18-6-9-20(10-7-18)33(37)38)21-4-2-3-5-23(21)31(17)15-27(34)30-19-8-11-24-25(12-19)40-16-39-24/h2-13H,14-16H2,1H3,(H,30,34)/b26-13-. The van der Waals surface area contributed by atoms with Crippen LogP contribution in [0.1, 0.15) is 16.8 Å². The maximum atomic E-state index is 13.2. The summed E-state index contributed by atoms with van der Waals surface area (Å²) in [5.74, 6) is 0.491. The lowest BCUT2D eigenvalue weighted by Crippen LogP contribution is -2.27. The number of aromatic nitrogens is 1. The van der Waals surface area contributed by atoms with Gasteiger partial charge in [0, 0.05) is 46.0 Å². The summed E-state index contributed by atoms with van der Waals surface area (Å²) in [5, 5.41) is 14.2. The van der Waals surface area contributed by atoms with Crippen molar-refractivity contribution in [3.63, 3.8) is 0 Å². The van der Waals surface area contributed by atoms with Crippen molar-refractivity contribution in [2.75, 3.05) is 12.1 Å². The summed E-state index contributed by atoms with van der Waals surface area (Å²) in [7, 11) is 0. The molecule has 0 unspecified atom stereocenters. The number of carbonyl (C=O) groups is 3. The van der Waals surface area contributed by atoms with Crippen LogP contribution in [0.15, 0.2) is 71.6 Å². The first kappa shape index (κ1) is 26.1. The van der Waals surface area contributed by atoms with Gasteiger partial charge in [-0.25, -0.2) is 0 Å². The molecule has 0 atom stereocenters. The predicted octanol–water partition coefficient (Wildman–Crippen LogP) is 5.46. The van der Waals surface area contributed by atoms with Crippen molar-refractivity contribution >= 4 is 57.2 Å². The summed E-state index contributed by atoms with van der Waals surface area (Å²) in [5.41, 5.74) is 3.41. The van der Waals surface area contributed by atoms with E-state index in [-0.39, 0.29) is 36.4 Å². The number of para-hydroxylation sites is 1. The number of nitro benzene ring substituents is 1. The van der Waals surface area contributed by atoms with Crippen LogP contribution in [-0.2, 0) is 22.7 Å². The number of nitro groups is 1. The van der Waals surface area contributed by atoms with Gasteiger partial charge in [-0.15, -0.1) is 0 Å². The molecule has 3 amide bonds. The molecular formula is C29H22N4O7S. The van der Waals surface area contributed by atoms with Crippen molar-refractivity contribution in [1.29, 1.82) is 0 Å². The number of ether oxygens (including phenoxy) is 2. The van der Waals surface area contributed by atoms with E-state index in [4.69, 9.17) is 9.47 Å². The summed E-state index contributed by atoms with van der Waals surface area (Å²) in [6.45, 7) is 2.03. The molecule has 206 valence electrons. The molecule has 6 rings (SSSR count). The minimum absolute atomic E-state index is 0.000766. The van der Waals surface area contributed by atoms with E-state index in [0.717, 1.165) is 38.8 Å². The van der Waals surface area contributed by atoms with Gasteiger partial charge in [-0.3, -0.25) is 29.4 Å². The van der Waals surface area contributed by atoms with Gasteiger partial charge >= 0.3 is 0 Å². The lowest BCUT2D eigenvalue weighted by atomic mass is 10.1. The Labute approximate surface area is 237 Å². The van der Waals surface area contributed by atoms with E-state index in [9.17, 15) is 24.5 Å². The Bertz CT molecular complexity index is 1780. The fourth-order valence-corrected chi connectivity index (χ4v) is 5.66. The highest BCUT2D eigenvalue weighted by molar-refractivity contribution is 8.18. The van der Waals surface area contributed by atoms with E-state index in [1.165, 1.54) is 24.3 Å². The van der Waals surface area contributed by atoms with Gasteiger partial charge in [-0.05, 0) is 48.5 Å². The van der Waals surface area contributed by atoms with Crippen LogP contribution in [0.2, 0.25) is 0 Å². The van der Waals surface area contributed by atoms with Gasteiger partial charge in [0.05, 0.1) is 16.4 Å². The van der Waals surface area contributed by atoms with Crippen LogP contribution >= 0.6 is 11.8 Å². The molecule has 2 aliphatic heterocycles. The highest BCUT2D eigenvalue weighted by Crippen LogP contribution is 2.37. The van der Waals surface area contributed by atoms with Crippen molar-refractivity contribution < 1.29 is 28.8 Å². The number of non-ortho nitro benzene ring substituents is 1. The fourth-order valence-electron chi connectivity index (χ4n) is 4.84. The Balaban J connectivity index is 1.24. The van der Waals surface area contributed by atoms with Crippen LogP contribution in [0, 0.1) is 17.0 Å². The molecule has 12 heteroatoms. The van der Waals surface area contributed by atoms with E-state index in [1.54, 1.807) is 24.3 Å². The van der Waals surface area contributed by atoms with E-state index in [2.05, 4.69) is 5.32 Å². The zero-order valence-corrected chi connectivity index (χ0v) is 22.5. The predicted molar refractivity (Wildman–Crippen MR) is 152 cm³/mol. The lowest BCUT2D eigenvalue weighted by molar-refractivity contribution is -0.384. The minimum atomic E-state index is -0.508. The van der Waals surface area contributed by atoms with Crippen LogP contribution in [-0.4, -0.2) is 38.2 Å². The highest BCUT2D eigenvalue weighted by Gasteiger charge is 2.35. The van der Waals surface area contributed by atoms with Crippen molar-refractivity contribution in [3.05, 3.63) is 98.6 Å². The molecule has 0 radical (unpaired) electrons. The summed E-state index contributed by atoms with van der Waals surface area (Å²) in [6, 6.07) is 18.5. The number of carbonyl (C=O) groups excluding carboxylic acids is 3. The SMILES string of the molecule is Cc1c(/C=C2\SC(=O)N(Cc3ccc([N+](=O)[O-])cc3)C2=O)c2ccccc2n1CC(=O)Nc1ccc2c(c1)OCO2. The number of fused-ring (bicyclic) bond motifs is 2. The smallest absolute Gasteiger partial charge is 0.293 e. The number of hydrogen-bond donors (Lipinski definition) is 1. The van der Waals surface area contributed by atoms with Gasteiger partial charge in [-0.1, -0.05) is 30.3 Å². The number of nitrogens with zero attached hydrogens (tertiary/aromatic N) is 3. The van der Waals surface area contributed by atoms with Crippen molar-refractivity contribution in [2.45, 2.75) is 20.0 Å². The first-order valence-corrected chi connectivity index (χ1v) is 13.4. The molecule has 1 aromatic heterocycles. The molecule has 4 aromatic rings. The number of benzene rings is 3. The number of rotatable bonds is 7. The second-order valence-electron chi connectivity index (χ2n) is 9.41. The number of thioether (sulfide) groups is 1. The average molecular weight is 571 g/mol. The van der Waals surface area contributed by atoms with Crippen LogP contribution in [0.25, 0.3) is 17.0 Å². The summed E-state index contributed by atoms with van der Waals surface area (Å²) < 4.78 is 12.6. The molecule has 1 saturated heterocycles. The summed E-state index contributed by atoms with van der Waals surface area (Å²) in [6.07, 6.45) is 1.69. The third kappa shape index (κ3) is 5.00. The molecule has 2 aliphatic rings. The third-order valence-electron chi connectivity index (χ3n) is 6.87. The minimum Gasteiger partial charge on any atom is -0.454 e. The second-order valence-corrected chi connectivity index (χ2v) is 10.4. The van der Waals surface area contributed by atoms with E-state index in [1.807, 2.05) is 35.8 Å². The van der Waals surface area contributed by atoms with E-state index in [0.29, 0.717) is 22.7 Å². The van der Waals surface area contributed by atoms with Crippen LogP contribution in [0.3, 0.4) is 0 Å². The van der Waals surface area contributed by atoms with Crippen LogP contribution < -0.4 is 14.8 Å². The molecule has 11 nitrogen and oxygen atoms in total. The zero-order chi connectivity index (χ0) is 28.7.